The molecule has 1 aromatic rings. The number of nitrogens with two attached hydrogens (primary N) is 1. The fraction of sp³-hybridized carbons (Fsp3) is 0.364. The summed E-state index contributed by atoms with van der Waals surface area (Å²) in [5.74, 6) is -2.83. The number of ether oxygens (including phenoxy) is 2. The van der Waals surface area contributed by atoms with Crippen LogP contribution in [0.4, 0.5) is 17.6 Å². The summed E-state index contributed by atoms with van der Waals surface area (Å²) < 4.78 is 56.9. The molecule has 106 valence electrons. The molecule has 8 heteroatoms. The van der Waals surface area contributed by atoms with Gasteiger partial charge >= 0.3 is 12.3 Å². The zero-order valence-electron chi connectivity index (χ0n) is 9.83. The molecule has 0 spiro atoms. The van der Waals surface area contributed by atoms with Gasteiger partial charge in [-0.1, -0.05) is 6.07 Å². The van der Waals surface area contributed by atoms with Crippen LogP contribution < -0.4 is 10.5 Å². The summed E-state index contributed by atoms with van der Waals surface area (Å²) in [4.78, 5) is 11.0. The number of halogens is 4. The van der Waals surface area contributed by atoms with Crippen LogP contribution in [0.3, 0.4) is 0 Å². The van der Waals surface area contributed by atoms with Crippen molar-refractivity contribution in [3.63, 3.8) is 0 Å². The van der Waals surface area contributed by atoms with Crippen molar-refractivity contribution < 1.29 is 31.8 Å². The molecule has 0 fully saturated rings. The highest BCUT2D eigenvalue weighted by Crippen LogP contribution is 2.26. The van der Waals surface area contributed by atoms with Gasteiger partial charge in [0.2, 0.25) is 0 Å². The first-order valence-electron chi connectivity index (χ1n) is 5.10. The maximum atomic E-state index is 13.3. The molecule has 2 N–H and O–H groups in total. The van der Waals surface area contributed by atoms with Gasteiger partial charge in [-0.05, 0) is 24.1 Å². The van der Waals surface area contributed by atoms with E-state index in [-0.39, 0.29) is 12.0 Å². The Balaban J connectivity index is 2.80. The van der Waals surface area contributed by atoms with Gasteiger partial charge in [-0.25, -0.2) is 4.39 Å². The predicted molar refractivity (Wildman–Crippen MR) is 56.8 cm³/mol. The van der Waals surface area contributed by atoms with E-state index >= 15 is 0 Å². The first kappa shape index (κ1) is 15.2. The van der Waals surface area contributed by atoms with E-state index < -0.39 is 29.9 Å². The largest absolute Gasteiger partial charge is 0.573 e. The third kappa shape index (κ3) is 4.74. The lowest BCUT2D eigenvalue weighted by Gasteiger charge is -2.12. The van der Waals surface area contributed by atoms with Gasteiger partial charge < -0.3 is 15.2 Å². The number of carbonyl (C=O) groups is 1. The Bertz CT molecular complexity index is 462. The average molecular weight is 281 g/mol. The van der Waals surface area contributed by atoms with Crippen LogP contribution in [0, 0.1) is 5.82 Å². The van der Waals surface area contributed by atoms with Crippen LogP contribution >= 0.6 is 0 Å². The molecule has 1 atom stereocenters. The second-order valence-electron chi connectivity index (χ2n) is 3.65. The molecule has 0 radical (unpaired) electrons. The Morgan fingerprint density at radius 3 is 2.53 bits per heavy atom. The summed E-state index contributed by atoms with van der Waals surface area (Å²) in [6.07, 6.45) is -5.03. The summed E-state index contributed by atoms with van der Waals surface area (Å²) in [6.45, 7) is 0. The van der Waals surface area contributed by atoms with Crippen molar-refractivity contribution in [2.24, 2.45) is 5.73 Å². The Hall–Kier alpha value is -1.83. The average Bonchev–Trinajstić information content (AvgIpc) is 2.30. The number of carbonyl (C=O) groups excluding carboxylic acids is 1. The monoisotopic (exact) mass is 281 g/mol. The van der Waals surface area contributed by atoms with Crippen LogP contribution in [0.2, 0.25) is 0 Å². The molecule has 0 aliphatic carbocycles. The van der Waals surface area contributed by atoms with Gasteiger partial charge in [-0.15, -0.1) is 13.2 Å². The van der Waals surface area contributed by atoms with Crippen molar-refractivity contribution >= 4 is 5.97 Å². The summed E-state index contributed by atoms with van der Waals surface area (Å²) >= 11 is 0. The second-order valence-corrected chi connectivity index (χ2v) is 3.65. The number of esters is 1. The number of rotatable bonds is 4. The van der Waals surface area contributed by atoms with E-state index in [0.717, 1.165) is 19.2 Å². The second kappa shape index (κ2) is 5.87. The zero-order chi connectivity index (χ0) is 14.6. The van der Waals surface area contributed by atoms with Crippen LogP contribution in [0.15, 0.2) is 18.2 Å². The third-order valence-electron chi connectivity index (χ3n) is 2.18. The summed E-state index contributed by atoms with van der Waals surface area (Å²) in [5, 5.41) is 0. The van der Waals surface area contributed by atoms with Gasteiger partial charge in [-0.3, -0.25) is 4.79 Å². The highest BCUT2D eigenvalue weighted by atomic mass is 19.4. The minimum atomic E-state index is -4.97. The number of hydrogen-bond donors (Lipinski definition) is 1. The molecular weight excluding hydrogens is 270 g/mol. The van der Waals surface area contributed by atoms with Crippen molar-refractivity contribution in [3.05, 3.63) is 29.6 Å². The zero-order valence-corrected chi connectivity index (χ0v) is 9.83. The van der Waals surface area contributed by atoms with Gasteiger partial charge in [0.15, 0.2) is 11.6 Å². The van der Waals surface area contributed by atoms with Crippen molar-refractivity contribution in [1.82, 2.24) is 0 Å². The topological polar surface area (TPSA) is 61.5 Å². The highest BCUT2D eigenvalue weighted by molar-refractivity contribution is 5.75. The minimum Gasteiger partial charge on any atom is -0.468 e. The molecule has 0 unspecified atom stereocenters. The quantitative estimate of drug-likeness (QED) is 0.675. The van der Waals surface area contributed by atoms with Crippen molar-refractivity contribution in [3.8, 4) is 5.75 Å². The fourth-order valence-electron chi connectivity index (χ4n) is 1.37. The lowest BCUT2D eigenvalue weighted by Crippen LogP contribution is -2.33. The SMILES string of the molecule is COC(=O)[C@H](N)Cc1ccc(OC(F)(F)F)c(F)c1. The van der Waals surface area contributed by atoms with Crippen molar-refractivity contribution in [2.75, 3.05) is 7.11 Å². The van der Waals surface area contributed by atoms with Crippen molar-refractivity contribution in [2.45, 2.75) is 18.8 Å². The molecule has 0 aromatic heterocycles. The first-order valence-corrected chi connectivity index (χ1v) is 5.10. The van der Waals surface area contributed by atoms with Gasteiger partial charge in [0.25, 0.3) is 0 Å². The summed E-state index contributed by atoms with van der Waals surface area (Å²) in [6, 6.07) is 1.82. The van der Waals surface area contributed by atoms with E-state index in [0.29, 0.717) is 0 Å². The van der Waals surface area contributed by atoms with E-state index in [4.69, 9.17) is 5.73 Å². The highest BCUT2D eigenvalue weighted by Gasteiger charge is 2.32. The normalized spacial score (nSPS) is 12.9. The van der Waals surface area contributed by atoms with Crippen molar-refractivity contribution in [1.29, 1.82) is 0 Å². The van der Waals surface area contributed by atoms with Crippen LogP contribution in [-0.2, 0) is 16.0 Å². The molecule has 0 saturated carbocycles. The van der Waals surface area contributed by atoms with Crippen LogP contribution in [0.5, 0.6) is 5.75 Å². The Morgan fingerprint density at radius 1 is 1.42 bits per heavy atom. The Kier molecular flexibility index (Phi) is 4.71. The van der Waals surface area contributed by atoms with E-state index in [2.05, 4.69) is 9.47 Å². The number of methoxy groups -OCH3 is 1. The lowest BCUT2D eigenvalue weighted by atomic mass is 10.1. The molecule has 0 aliphatic rings. The molecule has 0 bridgehead atoms. The molecule has 0 saturated heterocycles. The van der Waals surface area contributed by atoms with Crippen LogP contribution in [0.1, 0.15) is 5.56 Å². The Labute approximate surface area is 106 Å². The molecule has 0 heterocycles. The maximum absolute atomic E-state index is 13.3. The molecule has 1 aromatic carbocycles. The fourth-order valence-corrected chi connectivity index (χ4v) is 1.37. The van der Waals surface area contributed by atoms with E-state index in [1.807, 2.05) is 0 Å². The van der Waals surface area contributed by atoms with Gasteiger partial charge in [-0.2, -0.15) is 0 Å². The molecule has 0 aliphatic heterocycles. The number of benzene rings is 1. The molecule has 1 rings (SSSR count). The maximum Gasteiger partial charge on any atom is 0.573 e. The standard InChI is InChI=1S/C11H11F4NO3/c1-18-10(17)8(16)5-6-2-3-9(7(12)4-6)19-11(13,14)15/h2-4,8H,5,16H2,1H3/t8-/m1/s1. The summed E-state index contributed by atoms with van der Waals surface area (Å²) in [5.41, 5.74) is 5.70. The van der Waals surface area contributed by atoms with E-state index in [9.17, 15) is 22.4 Å². The molecule has 19 heavy (non-hydrogen) atoms. The van der Waals surface area contributed by atoms with E-state index in [1.165, 1.54) is 6.07 Å². The van der Waals surface area contributed by atoms with Gasteiger partial charge in [0.05, 0.1) is 7.11 Å². The lowest BCUT2D eigenvalue weighted by molar-refractivity contribution is -0.275. The summed E-state index contributed by atoms with van der Waals surface area (Å²) in [7, 11) is 1.14. The smallest absolute Gasteiger partial charge is 0.468 e. The Morgan fingerprint density at radius 2 is 2.05 bits per heavy atom. The molecule has 0 amide bonds. The predicted octanol–water partition coefficient (Wildman–Crippen LogP) is 1.77. The van der Waals surface area contributed by atoms with Crippen LogP contribution in [-0.4, -0.2) is 25.5 Å². The molecule has 4 nitrogen and oxygen atoms in total. The third-order valence-corrected chi connectivity index (χ3v) is 2.18. The van der Waals surface area contributed by atoms with Gasteiger partial charge in [0.1, 0.15) is 6.04 Å². The molecular formula is C11H11F4NO3. The number of alkyl halides is 3. The van der Waals surface area contributed by atoms with Crippen LogP contribution in [0.25, 0.3) is 0 Å². The number of hydrogen-bond acceptors (Lipinski definition) is 4. The first-order chi connectivity index (χ1) is 8.73. The van der Waals surface area contributed by atoms with E-state index in [1.54, 1.807) is 0 Å². The van der Waals surface area contributed by atoms with Gasteiger partial charge in [0, 0.05) is 0 Å². The minimum absolute atomic E-state index is 0.0596.